The highest BCUT2D eigenvalue weighted by Crippen LogP contribution is 2.57. The summed E-state index contributed by atoms with van der Waals surface area (Å²) in [7, 11) is 0. The van der Waals surface area contributed by atoms with E-state index in [0.29, 0.717) is 4.88 Å². The SMILES string of the molecule is CC(C)=C1[C@@H]2CC[C@@H]1[C@@H](C(=O)NNC(=O)c1sccc1C)[C@@H]2C(=O)O. The van der Waals surface area contributed by atoms with Gasteiger partial charge in [-0.15, -0.1) is 11.3 Å². The van der Waals surface area contributed by atoms with Gasteiger partial charge in [-0.1, -0.05) is 11.1 Å². The molecule has 2 aliphatic carbocycles. The number of rotatable bonds is 3. The van der Waals surface area contributed by atoms with Crippen LogP contribution in [-0.2, 0) is 9.59 Å². The number of hydrazine groups is 1. The summed E-state index contributed by atoms with van der Waals surface area (Å²) in [6, 6.07) is 1.83. The first-order chi connectivity index (χ1) is 11.8. The van der Waals surface area contributed by atoms with Crippen molar-refractivity contribution in [2.24, 2.45) is 23.7 Å². The smallest absolute Gasteiger partial charge is 0.307 e. The minimum Gasteiger partial charge on any atom is -0.481 e. The van der Waals surface area contributed by atoms with E-state index in [0.717, 1.165) is 29.6 Å². The second-order valence-corrected chi connectivity index (χ2v) is 7.93. The summed E-state index contributed by atoms with van der Waals surface area (Å²) in [5.41, 5.74) is 7.94. The maximum atomic E-state index is 12.7. The van der Waals surface area contributed by atoms with E-state index >= 15 is 0 Å². The van der Waals surface area contributed by atoms with Crippen molar-refractivity contribution in [1.82, 2.24) is 10.9 Å². The van der Waals surface area contributed by atoms with Crippen molar-refractivity contribution in [2.45, 2.75) is 33.6 Å². The predicted molar refractivity (Wildman–Crippen MR) is 93.9 cm³/mol. The van der Waals surface area contributed by atoms with Crippen LogP contribution < -0.4 is 10.9 Å². The summed E-state index contributed by atoms with van der Waals surface area (Å²) in [5.74, 6) is -3.20. The molecular formula is C18H22N2O4S. The van der Waals surface area contributed by atoms with Crippen molar-refractivity contribution in [2.75, 3.05) is 0 Å². The van der Waals surface area contributed by atoms with E-state index in [4.69, 9.17) is 0 Å². The fraction of sp³-hybridized carbons (Fsp3) is 0.500. The molecule has 1 aromatic heterocycles. The number of allylic oxidation sites excluding steroid dienone is 2. The number of carboxylic acid groups (broad SMARTS) is 1. The highest BCUT2D eigenvalue weighted by atomic mass is 32.1. The summed E-state index contributed by atoms with van der Waals surface area (Å²) < 4.78 is 0. The van der Waals surface area contributed by atoms with Crippen molar-refractivity contribution >= 4 is 29.1 Å². The zero-order chi connectivity index (χ0) is 18.3. The van der Waals surface area contributed by atoms with Gasteiger partial charge >= 0.3 is 5.97 Å². The van der Waals surface area contributed by atoms with Crippen molar-refractivity contribution in [3.8, 4) is 0 Å². The van der Waals surface area contributed by atoms with E-state index in [-0.39, 0.29) is 17.7 Å². The maximum absolute atomic E-state index is 12.7. The molecule has 2 fully saturated rings. The molecule has 1 heterocycles. The van der Waals surface area contributed by atoms with Crippen LogP contribution in [-0.4, -0.2) is 22.9 Å². The number of carbonyl (C=O) groups is 3. The molecule has 0 spiro atoms. The molecule has 0 aromatic carbocycles. The van der Waals surface area contributed by atoms with Gasteiger partial charge in [0.1, 0.15) is 0 Å². The summed E-state index contributed by atoms with van der Waals surface area (Å²) in [4.78, 5) is 37.1. The van der Waals surface area contributed by atoms with Crippen LogP contribution in [0, 0.1) is 30.6 Å². The number of thiophene rings is 1. The summed E-state index contributed by atoms with van der Waals surface area (Å²) in [6.07, 6.45) is 1.64. The lowest BCUT2D eigenvalue weighted by molar-refractivity contribution is -0.149. The minimum absolute atomic E-state index is 0.0449. The molecule has 3 N–H and O–H groups in total. The first-order valence-corrected chi connectivity index (χ1v) is 9.25. The van der Waals surface area contributed by atoms with Crippen molar-refractivity contribution in [3.05, 3.63) is 33.0 Å². The van der Waals surface area contributed by atoms with Gasteiger partial charge in [-0.2, -0.15) is 0 Å². The van der Waals surface area contributed by atoms with E-state index in [2.05, 4.69) is 10.9 Å². The minimum atomic E-state index is -0.938. The van der Waals surface area contributed by atoms with Crippen molar-refractivity contribution in [1.29, 1.82) is 0 Å². The Morgan fingerprint density at radius 1 is 1.12 bits per heavy atom. The summed E-state index contributed by atoms with van der Waals surface area (Å²) in [5, 5.41) is 11.4. The second kappa shape index (κ2) is 6.63. The first kappa shape index (κ1) is 17.7. The van der Waals surface area contributed by atoms with Crippen molar-refractivity contribution < 1.29 is 19.5 Å². The molecule has 6 nitrogen and oxygen atoms in total. The molecule has 134 valence electrons. The lowest BCUT2D eigenvalue weighted by atomic mass is 9.79. The highest BCUT2D eigenvalue weighted by Gasteiger charge is 2.57. The van der Waals surface area contributed by atoms with Gasteiger partial charge in [-0.25, -0.2) is 0 Å². The number of fused-ring (bicyclic) bond motifs is 2. The van der Waals surface area contributed by atoms with Gasteiger partial charge in [0.2, 0.25) is 5.91 Å². The molecule has 2 saturated carbocycles. The van der Waals surface area contributed by atoms with E-state index in [9.17, 15) is 19.5 Å². The Hall–Kier alpha value is -2.15. The van der Waals surface area contributed by atoms with Gasteiger partial charge in [-0.05, 0) is 62.5 Å². The second-order valence-electron chi connectivity index (χ2n) is 7.01. The molecular weight excluding hydrogens is 340 g/mol. The average molecular weight is 362 g/mol. The Kier molecular flexibility index (Phi) is 4.69. The fourth-order valence-corrected chi connectivity index (χ4v) is 5.29. The highest BCUT2D eigenvalue weighted by molar-refractivity contribution is 7.12. The molecule has 0 unspecified atom stereocenters. The molecule has 3 rings (SSSR count). The van der Waals surface area contributed by atoms with E-state index in [1.54, 1.807) is 0 Å². The number of carboxylic acids is 1. The van der Waals surface area contributed by atoms with Crippen LogP contribution in [0.4, 0.5) is 0 Å². The molecule has 2 aliphatic rings. The molecule has 7 heteroatoms. The Labute approximate surface area is 150 Å². The summed E-state index contributed by atoms with van der Waals surface area (Å²) in [6.45, 7) is 5.77. The van der Waals surface area contributed by atoms with Crippen LogP contribution in [0.15, 0.2) is 22.6 Å². The Balaban J connectivity index is 1.75. The van der Waals surface area contributed by atoms with Gasteiger partial charge in [0.05, 0.1) is 16.7 Å². The maximum Gasteiger partial charge on any atom is 0.307 e. The third-order valence-corrected chi connectivity index (χ3v) is 6.39. The van der Waals surface area contributed by atoms with Gasteiger partial charge in [0, 0.05) is 0 Å². The largest absolute Gasteiger partial charge is 0.481 e. The normalized spacial score (nSPS) is 27.2. The topological polar surface area (TPSA) is 95.5 Å². The molecule has 2 amide bonds. The first-order valence-electron chi connectivity index (χ1n) is 8.37. The standard InChI is InChI=1S/C18H22N2O4S/c1-8(2)12-10-4-5-11(12)14(18(23)24)13(10)16(21)19-20-17(22)15-9(3)6-7-25-15/h6-7,10-11,13-14H,4-5H2,1-3H3,(H,19,21)(H,20,22)(H,23,24)/t10-,11-,13+,14+/m0/s1. The number of aryl methyl sites for hydroxylation is 1. The molecule has 0 aliphatic heterocycles. The Morgan fingerprint density at radius 2 is 1.76 bits per heavy atom. The third kappa shape index (κ3) is 2.97. The number of aliphatic carboxylic acids is 1. The number of hydrogen-bond donors (Lipinski definition) is 3. The molecule has 4 atom stereocenters. The number of hydrogen-bond acceptors (Lipinski definition) is 4. The van der Waals surface area contributed by atoms with Crippen LogP contribution in [0.25, 0.3) is 0 Å². The van der Waals surface area contributed by atoms with Crippen LogP contribution in [0.2, 0.25) is 0 Å². The van der Waals surface area contributed by atoms with Crippen LogP contribution >= 0.6 is 11.3 Å². The zero-order valence-electron chi connectivity index (χ0n) is 14.5. The monoisotopic (exact) mass is 362 g/mol. The summed E-state index contributed by atoms with van der Waals surface area (Å²) >= 11 is 1.30. The molecule has 0 radical (unpaired) electrons. The van der Waals surface area contributed by atoms with Gasteiger partial charge in [0.25, 0.3) is 5.91 Å². The average Bonchev–Trinajstić information content (AvgIpc) is 3.24. The van der Waals surface area contributed by atoms with Gasteiger partial charge < -0.3 is 5.11 Å². The third-order valence-electron chi connectivity index (χ3n) is 5.37. The number of amides is 2. The van der Waals surface area contributed by atoms with E-state index < -0.39 is 23.7 Å². The van der Waals surface area contributed by atoms with Gasteiger partial charge in [-0.3, -0.25) is 25.2 Å². The lowest BCUT2D eigenvalue weighted by Gasteiger charge is -2.26. The van der Waals surface area contributed by atoms with E-state index in [1.165, 1.54) is 11.3 Å². The predicted octanol–water partition coefficient (Wildman–Crippen LogP) is 2.51. The van der Waals surface area contributed by atoms with Crippen molar-refractivity contribution in [3.63, 3.8) is 0 Å². The molecule has 2 bridgehead atoms. The van der Waals surface area contributed by atoms with Crippen LogP contribution in [0.3, 0.4) is 0 Å². The number of carbonyl (C=O) groups excluding carboxylic acids is 2. The molecule has 25 heavy (non-hydrogen) atoms. The number of nitrogens with one attached hydrogen (secondary N) is 2. The fourth-order valence-electron chi connectivity index (χ4n) is 4.47. The van der Waals surface area contributed by atoms with E-state index in [1.807, 2.05) is 32.2 Å². The van der Waals surface area contributed by atoms with Gasteiger partial charge in [0.15, 0.2) is 0 Å². The molecule has 1 aromatic rings. The molecule has 0 saturated heterocycles. The van der Waals surface area contributed by atoms with Crippen LogP contribution in [0.5, 0.6) is 0 Å². The quantitative estimate of drug-likeness (QED) is 0.569. The Morgan fingerprint density at radius 3 is 2.28 bits per heavy atom. The van der Waals surface area contributed by atoms with Crippen LogP contribution in [0.1, 0.15) is 41.9 Å². The zero-order valence-corrected chi connectivity index (χ0v) is 15.3. The Bertz CT molecular complexity index is 763. The lowest BCUT2D eigenvalue weighted by Crippen LogP contribution is -2.48.